The van der Waals surface area contributed by atoms with Crippen LogP contribution in [0, 0.1) is 0 Å². The SMILES string of the molecule is CC(=O)C(OCc1ccccc1)c1cccc2ccccc12. The molecule has 1 unspecified atom stereocenters. The number of Topliss-reactive ketones (excluding diaryl/α,β-unsaturated/α-hetero) is 1. The lowest BCUT2D eigenvalue weighted by Gasteiger charge is -2.17. The maximum atomic E-state index is 12.1. The van der Waals surface area contributed by atoms with Gasteiger partial charge < -0.3 is 4.74 Å². The van der Waals surface area contributed by atoms with Gasteiger partial charge in [-0.3, -0.25) is 4.79 Å². The van der Waals surface area contributed by atoms with Crippen molar-refractivity contribution in [3.63, 3.8) is 0 Å². The van der Waals surface area contributed by atoms with Crippen LogP contribution in [0.15, 0.2) is 72.8 Å². The summed E-state index contributed by atoms with van der Waals surface area (Å²) in [6.45, 7) is 2.01. The van der Waals surface area contributed by atoms with E-state index in [1.165, 1.54) is 0 Å². The fourth-order valence-electron chi connectivity index (χ4n) is 2.66. The third kappa shape index (κ3) is 3.07. The molecular weight excluding hydrogens is 272 g/mol. The fraction of sp³-hybridized carbons (Fsp3) is 0.150. The van der Waals surface area contributed by atoms with E-state index in [4.69, 9.17) is 4.74 Å². The van der Waals surface area contributed by atoms with Gasteiger partial charge in [-0.25, -0.2) is 0 Å². The highest BCUT2D eigenvalue weighted by atomic mass is 16.5. The highest BCUT2D eigenvalue weighted by Crippen LogP contribution is 2.28. The zero-order chi connectivity index (χ0) is 15.4. The molecule has 22 heavy (non-hydrogen) atoms. The van der Waals surface area contributed by atoms with Gasteiger partial charge in [0, 0.05) is 0 Å². The Morgan fingerprint density at radius 3 is 2.36 bits per heavy atom. The summed E-state index contributed by atoms with van der Waals surface area (Å²) in [5, 5.41) is 2.19. The molecule has 0 spiro atoms. The summed E-state index contributed by atoms with van der Waals surface area (Å²) in [7, 11) is 0. The molecule has 0 fully saturated rings. The number of ether oxygens (including phenoxy) is 1. The van der Waals surface area contributed by atoms with E-state index in [1.54, 1.807) is 6.92 Å². The highest BCUT2D eigenvalue weighted by molar-refractivity contribution is 5.92. The molecule has 110 valence electrons. The highest BCUT2D eigenvalue weighted by Gasteiger charge is 2.19. The normalized spacial score (nSPS) is 12.2. The Bertz CT molecular complexity index is 773. The Morgan fingerprint density at radius 2 is 1.59 bits per heavy atom. The smallest absolute Gasteiger partial charge is 0.163 e. The first kappa shape index (κ1) is 14.5. The van der Waals surface area contributed by atoms with Gasteiger partial charge in [0.1, 0.15) is 6.10 Å². The monoisotopic (exact) mass is 290 g/mol. The minimum atomic E-state index is -0.536. The Balaban J connectivity index is 1.92. The molecule has 0 amide bonds. The van der Waals surface area contributed by atoms with Crippen molar-refractivity contribution in [3.05, 3.63) is 83.9 Å². The Hall–Kier alpha value is -2.45. The van der Waals surface area contributed by atoms with Gasteiger partial charge in [0.05, 0.1) is 6.61 Å². The molecule has 0 N–H and O–H groups in total. The first-order chi connectivity index (χ1) is 10.8. The molecular formula is C20H18O2. The van der Waals surface area contributed by atoms with Crippen LogP contribution in [0.2, 0.25) is 0 Å². The zero-order valence-corrected chi connectivity index (χ0v) is 12.5. The second-order valence-electron chi connectivity index (χ2n) is 5.36. The number of carbonyl (C=O) groups is 1. The summed E-state index contributed by atoms with van der Waals surface area (Å²) in [6.07, 6.45) is -0.536. The molecule has 3 aromatic rings. The maximum Gasteiger partial charge on any atom is 0.163 e. The zero-order valence-electron chi connectivity index (χ0n) is 12.5. The first-order valence-electron chi connectivity index (χ1n) is 7.39. The van der Waals surface area contributed by atoms with Gasteiger partial charge in [0.25, 0.3) is 0 Å². The number of rotatable bonds is 5. The topological polar surface area (TPSA) is 26.3 Å². The second-order valence-corrected chi connectivity index (χ2v) is 5.36. The first-order valence-corrected chi connectivity index (χ1v) is 7.39. The van der Waals surface area contributed by atoms with Gasteiger partial charge in [0.15, 0.2) is 5.78 Å². The molecule has 0 bridgehead atoms. The summed E-state index contributed by atoms with van der Waals surface area (Å²) in [5.41, 5.74) is 2.00. The lowest BCUT2D eigenvalue weighted by Crippen LogP contribution is -2.13. The van der Waals surface area contributed by atoms with Gasteiger partial charge >= 0.3 is 0 Å². The molecule has 0 aromatic heterocycles. The third-order valence-electron chi connectivity index (χ3n) is 3.73. The summed E-state index contributed by atoms with van der Waals surface area (Å²) < 4.78 is 5.93. The minimum Gasteiger partial charge on any atom is -0.361 e. The molecule has 2 nitrogen and oxygen atoms in total. The van der Waals surface area contributed by atoms with Crippen LogP contribution in [-0.2, 0) is 16.1 Å². The van der Waals surface area contributed by atoms with Gasteiger partial charge in [-0.1, -0.05) is 72.8 Å². The predicted octanol–water partition coefficient (Wildman–Crippen LogP) is 4.69. The van der Waals surface area contributed by atoms with E-state index in [0.717, 1.165) is 21.9 Å². The molecule has 3 aromatic carbocycles. The molecule has 2 heteroatoms. The van der Waals surface area contributed by atoms with Crippen molar-refractivity contribution in [1.82, 2.24) is 0 Å². The van der Waals surface area contributed by atoms with E-state index in [0.29, 0.717) is 6.61 Å². The number of benzene rings is 3. The van der Waals surface area contributed by atoms with Crippen molar-refractivity contribution >= 4 is 16.6 Å². The lowest BCUT2D eigenvalue weighted by molar-refractivity contribution is -0.129. The Labute approximate surface area is 130 Å². The third-order valence-corrected chi connectivity index (χ3v) is 3.73. The van der Waals surface area contributed by atoms with Gasteiger partial charge in [-0.15, -0.1) is 0 Å². The van der Waals surface area contributed by atoms with Gasteiger partial charge in [0.2, 0.25) is 0 Å². The van der Waals surface area contributed by atoms with E-state index in [1.807, 2.05) is 72.8 Å². The molecule has 3 rings (SSSR count). The number of ketones is 1. The van der Waals surface area contributed by atoms with Crippen LogP contribution < -0.4 is 0 Å². The summed E-state index contributed by atoms with van der Waals surface area (Å²) >= 11 is 0. The largest absolute Gasteiger partial charge is 0.361 e. The quantitative estimate of drug-likeness (QED) is 0.681. The van der Waals surface area contributed by atoms with Crippen LogP contribution in [0.25, 0.3) is 10.8 Å². The fourth-order valence-corrected chi connectivity index (χ4v) is 2.66. The van der Waals surface area contributed by atoms with E-state index >= 15 is 0 Å². The predicted molar refractivity (Wildman–Crippen MR) is 88.6 cm³/mol. The van der Waals surface area contributed by atoms with E-state index < -0.39 is 6.10 Å². The number of hydrogen-bond acceptors (Lipinski definition) is 2. The molecule has 0 radical (unpaired) electrons. The van der Waals surface area contributed by atoms with Gasteiger partial charge in [-0.2, -0.15) is 0 Å². The summed E-state index contributed by atoms with van der Waals surface area (Å²) in [6, 6.07) is 24.0. The van der Waals surface area contributed by atoms with Crippen LogP contribution in [0.1, 0.15) is 24.2 Å². The van der Waals surface area contributed by atoms with E-state index in [2.05, 4.69) is 0 Å². The van der Waals surface area contributed by atoms with E-state index in [9.17, 15) is 4.79 Å². The summed E-state index contributed by atoms with van der Waals surface area (Å²) in [4.78, 5) is 12.1. The molecule has 1 atom stereocenters. The van der Waals surface area contributed by atoms with E-state index in [-0.39, 0.29) is 5.78 Å². The second kappa shape index (κ2) is 6.54. The minimum absolute atomic E-state index is 0.0206. The van der Waals surface area contributed by atoms with Crippen LogP contribution in [0.3, 0.4) is 0 Å². The van der Waals surface area contributed by atoms with Crippen molar-refractivity contribution < 1.29 is 9.53 Å². The number of hydrogen-bond donors (Lipinski definition) is 0. The number of fused-ring (bicyclic) bond motifs is 1. The van der Waals surface area contributed by atoms with Crippen LogP contribution in [-0.4, -0.2) is 5.78 Å². The Morgan fingerprint density at radius 1 is 0.909 bits per heavy atom. The Kier molecular flexibility index (Phi) is 4.31. The van der Waals surface area contributed by atoms with Crippen molar-refractivity contribution in [3.8, 4) is 0 Å². The van der Waals surface area contributed by atoms with Crippen LogP contribution in [0.5, 0.6) is 0 Å². The standard InChI is InChI=1S/C20H18O2/c1-15(21)20(22-14-16-8-3-2-4-9-16)19-13-7-11-17-10-5-6-12-18(17)19/h2-13,20H,14H2,1H3. The molecule has 0 aliphatic carbocycles. The van der Waals surface area contributed by atoms with Crippen molar-refractivity contribution in [2.45, 2.75) is 19.6 Å². The summed E-state index contributed by atoms with van der Waals surface area (Å²) in [5.74, 6) is 0.0206. The molecule has 0 aliphatic rings. The molecule has 0 saturated carbocycles. The van der Waals surface area contributed by atoms with Crippen molar-refractivity contribution in [2.24, 2.45) is 0 Å². The molecule has 0 aliphatic heterocycles. The maximum absolute atomic E-state index is 12.1. The van der Waals surface area contributed by atoms with Crippen molar-refractivity contribution in [2.75, 3.05) is 0 Å². The molecule has 0 saturated heterocycles. The number of carbonyl (C=O) groups excluding carboxylic acids is 1. The average Bonchev–Trinajstić information content (AvgIpc) is 2.56. The van der Waals surface area contributed by atoms with Crippen LogP contribution >= 0.6 is 0 Å². The lowest BCUT2D eigenvalue weighted by atomic mass is 9.98. The molecule has 0 heterocycles. The van der Waals surface area contributed by atoms with Crippen LogP contribution in [0.4, 0.5) is 0 Å². The average molecular weight is 290 g/mol. The van der Waals surface area contributed by atoms with Crippen molar-refractivity contribution in [1.29, 1.82) is 0 Å². The van der Waals surface area contributed by atoms with Gasteiger partial charge in [-0.05, 0) is 28.8 Å².